The molecule has 0 atom stereocenters. The SMILES string of the molecule is C.[C-]#[N+]c1c(C2CCCCC2)nc2c(-c3ccc(-c4ccccc4)nc3)cnn2c1N(COCC[Si](C)(C)C)COCC[Si](C)(C)C.[C-]#[N+]c1c(C2CCNCC2)nc2c(-c3ccc(-c4ccccc4)nc3)cnn2c1N. The van der Waals surface area contributed by atoms with Gasteiger partial charge in [-0.05, 0) is 74.8 Å². The van der Waals surface area contributed by atoms with Gasteiger partial charge < -0.3 is 25.4 Å². The highest BCUT2D eigenvalue weighted by Gasteiger charge is 2.30. The number of nitrogen functional groups attached to an aromatic ring is 1. The lowest BCUT2D eigenvalue weighted by atomic mass is 9.86. The maximum atomic E-state index is 8.42. The number of pyridine rings is 2. The number of rotatable bonds is 17. The fourth-order valence-electron chi connectivity index (χ4n) is 9.90. The van der Waals surface area contributed by atoms with Crippen LogP contribution in [0.2, 0.25) is 51.4 Å². The smallest absolute Gasteiger partial charge is 0.249 e. The van der Waals surface area contributed by atoms with Crippen molar-refractivity contribution in [1.29, 1.82) is 0 Å². The predicted octanol–water partition coefficient (Wildman–Crippen LogP) is 14.2. The monoisotopic (exact) mass is 1070 g/mol. The molecule has 1 aliphatic carbocycles. The molecule has 6 aromatic heterocycles. The van der Waals surface area contributed by atoms with Crippen LogP contribution in [0.25, 0.3) is 65.8 Å². The van der Waals surface area contributed by atoms with E-state index in [4.69, 9.17) is 48.4 Å². The lowest BCUT2D eigenvalue weighted by Crippen LogP contribution is -2.33. The van der Waals surface area contributed by atoms with Crippen LogP contribution < -0.4 is 16.0 Å². The summed E-state index contributed by atoms with van der Waals surface area (Å²) in [5, 5.41) is 12.6. The van der Waals surface area contributed by atoms with Gasteiger partial charge >= 0.3 is 0 Å². The third-order valence-electron chi connectivity index (χ3n) is 14.3. The van der Waals surface area contributed by atoms with Crippen LogP contribution in [-0.2, 0) is 9.47 Å². The molecule has 7 heterocycles. The van der Waals surface area contributed by atoms with E-state index in [1.807, 2.05) is 83.8 Å². The second kappa shape index (κ2) is 25.4. The Bertz CT molecular complexity index is 3270. The summed E-state index contributed by atoms with van der Waals surface area (Å²) >= 11 is 0. The third-order valence-corrected chi connectivity index (χ3v) is 17.7. The van der Waals surface area contributed by atoms with Gasteiger partial charge in [0.1, 0.15) is 25.1 Å². The van der Waals surface area contributed by atoms with Crippen LogP contribution in [0.3, 0.4) is 0 Å². The zero-order valence-corrected chi connectivity index (χ0v) is 47.0. The van der Waals surface area contributed by atoms with Crippen LogP contribution in [-0.4, -0.2) is 95.1 Å². The molecule has 77 heavy (non-hydrogen) atoms. The summed E-state index contributed by atoms with van der Waals surface area (Å²) in [7, 11) is -2.53. The molecule has 2 aliphatic rings. The molecule has 0 unspecified atom stereocenters. The Morgan fingerprint density at radius 3 is 1.53 bits per heavy atom. The molecule has 3 N–H and O–H groups in total. The van der Waals surface area contributed by atoms with Gasteiger partial charge in [-0.3, -0.25) is 9.97 Å². The maximum Gasteiger partial charge on any atom is 0.249 e. The molecule has 0 radical (unpaired) electrons. The average Bonchev–Trinajstić information content (AvgIpc) is 4.13. The van der Waals surface area contributed by atoms with E-state index < -0.39 is 16.1 Å². The predicted molar refractivity (Wildman–Crippen MR) is 318 cm³/mol. The maximum absolute atomic E-state index is 8.42. The van der Waals surface area contributed by atoms with Crippen molar-refractivity contribution in [2.24, 2.45) is 0 Å². The lowest BCUT2D eigenvalue weighted by Gasteiger charge is -2.29. The Morgan fingerprint density at radius 2 is 1.06 bits per heavy atom. The summed E-state index contributed by atoms with van der Waals surface area (Å²) in [5.41, 5.74) is 18.0. The number of piperidine rings is 1. The number of nitrogens with two attached hydrogens (primary N) is 1. The van der Waals surface area contributed by atoms with Crippen molar-refractivity contribution in [3.8, 4) is 44.8 Å². The van der Waals surface area contributed by atoms with Crippen molar-refractivity contribution in [2.75, 3.05) is 50.4 Å². The lowest BCUT2D eigenvalue weighted by molar-refractivity contribution is 0.0944. The molecule has 0 spiro atoms. The largest absolute Gasteiger partial charge is 0.392 e. The second-order valence-electron chi connectivity index (χ2n) is 22.4. The number of benzene rings is 2. The fourth-order valence-corrected chi connectivity index (χ4v) is 11.4. The third kappa shape index (κ3) is 13.5. The van der Waals surface area contributed by atoms with E-state index >= 15 is 0 Å². The van der Waals surface area contributed by atoms with E-state index in [1.54, 1.807) is 10.7 Å². The Balaban J connectivity index is 0.000000218. The minimum atomic E-state index is -1.27. The first-order valence-corrected chi connectivity index (χ1v) is 34.2. The van der Waals surface area contributed by atoms with Crippen LogP contribution in [0, 0.1) is 13.1 Å². The number of aromatic nitrogens is 8. The van der Waals surface area contributed by atoms with Gasteiger partial charge in [0, 0.05) is 75.1 Å². The van der Waals surface area contributed by atoms with Crippen molar-refractivity contribution >= 4 is 50.5 Å². The van der Waals surface area contributed by atoms with Crippen LogP contribution in [0.5, 0.6) is 0 Å². The van der Waals surface area contributed by atoms with Crippen LogP contribution in [0.4, 0.5) is 23.0 Å². The van der Waals surface area contributed by atoms with Crippen LogP contribution >= 0.6 is 0 Å². The number of anilines is 2. The summed E-state index contributed by atoms with van der Waals surface area (Å²) in [6, 6.07) is 30.6. The van der Waals surface area contributed by atoms with E-state index in [2.05, 4.69) is 93.5 Å². The van der Waals surface area contributed by atoms with Crippen LogP contribution in [0.15, 0.2) is 110 Å². The average molecular weight is 1070 g/mol. The molecule has 15 nitrogen and oxygen atoms in total. The van der Waals surface area contributed by atoms with E-state index in [0.717, 1.165) is 126 Å². The second-order valence-corrected chi connectivity index (χ2v) is 33.6. The van der Waals surface area contributed by atoms with Crippen molar-refractivity contribution in [3.05, 3.63) is 144 Å². The van der Waals surface area contributed by atoms with Gasteiger partial charge in [0.25, 0.3) is 0 Å². The quantitative estimate of drug-likeness (QED) is 0.0387. The molecule has 17 heteroatoms. The zero-order chi connectivity index (χ0) is 53.2. The topological polar surface area (TPSA) is 155 Å². The molecular formula is C60H75N13O2Si2. The van der Waals surface area contributed by atoms with Crippen molar-refractivity contribution < 1.29 is 9.47 Å². The standard InChI is InChI=1S/C36H50N6O2Si2.C23H21N7.CH4/c1-37-34-33(29-16-12-9-13-17-29)40-35-31(30-18-19-32(38-24-30)28-14-10-8-11-15-28)25-39-42(35)36(34)41(26-43-20-22-45(2,3)4)27-44-21-23-46(5,6)7;1-25-21-20(16-9-11-26-12-10-16)29-23-18(14-28-30(23)22(21)24)17-7-8-19(27-13-17)15-5-3-2-4-6-15;/h8,10-11,14-15,18-19,24-25,29H,9,12-13,16-17,20-23,26-27H2,2-7H3;2-8,13-14,16,26H,9-12,24H2;1H4. The fraction of sp³-hybridized carbons (Fsp3) is 0.400. The van der Waals surface area contributed by atoms with Crippen LogP contribution in [0.1, 0.15) is 75.6 Å². The van der Waals surface area contributed by atoms with Crippen molar-refractivity contribution in [2.45, 2.75) is 116 Å². The molecule has 1 aliphatic heterocycles. The summed E-state index contributed by atoms with van der Waals surface area (Å²) in [6.07, 6.45) is 14.9. The van der Waals surface area contributed by atoms with E-state index in [0.29, 0.717) is 55.3 Å². The van der Waals surface area contributed by atoms with Crippen molar-refractivity contribution in [1.82, 2.24) is 44.5 Å². The van der Waals surface area contributed by atoms with Gasteiger partial charge in [0.15, 0.2) is 11.3 Å². The Labute approximate surface area is 457 Å². The molecule has 2 aromatic carbocycles. The van der Waals surface area contributed by atoms with E-state index in [1.165, 1.54) is 6.42 Å². The molecule has 1 saturated heterocycles. The Morgan fingerprint density at radius 1 is 0.597 bits per heavy atom. The highest BCUT2D eigenvalue weighted by Crippen LogP contribution is 2.44. The van der Waals surface area contributed by atoms with Gasteiger partial charge in [-0.1, -0.05) is 139 Å². The zero-order valence-electron chi connectivity index (χ0n) is 45.0. The van der Waals surface area contributed by atoms with Gasteiger partial charge in [-0.2, -0.15) is 10.2 Å². The van der Waals surface area contributed by atoms with Crippen molar-refractivity contribution in [3.63, 3.8) is 0 Å². The van der Waals surface area contributed by atoms with E-state index in [-0.39, 0.29) is 19.3 Å². The Hall–Kier alpha value is -7.13. The molecule has 8 aromatic rings. The molecule has 0 bridgehead atoms. The first-order valence-electron chi connectivity index (χ1n) is 26.8. The number of hydrogen-bond donors (Lipinski definition) is 2. The molecule has 2 fully saturated rings. The molecule has 10 rings (SSSR count). The minimum Gasteiger partial charge on any atom is -0.392 e. The normalized spacial score (nSPS) is 14.3. The van der Waals surface area contributed by atoms with Gasteiger partial charge in [0.2, 0.25) is 11.4 Å². The van der Waals surface area contributed by atoms with Gasteiger partial charge in [0.05, 0.1) is 48.3 Å². The number of hydrogen-bond acceptors (Lipinski definition) is 11. The molecule has 400 valence electrons. The highest BCUT2D eigenvalue weighted by atomic mass is 28.3. The number of nitrogens with zero attached hydrogens (tertiary/aromatic N) is 11. The highest BCUT2D eigenvalue weighted by molar-refractivity contribution is 6.76. The summed E-state index contributed by atoms with van der Waals surface area (Å²) < 4.78 is 16.0. The molecule has 1 saturated carbocycles. The minimum absolute atomic E-state index is 0. The molecule has 0 amide bonds. The summed E-state index contributed by atoms with van der Waals surface area (Å²) in [4.78, 5) is 29.5. The van der Waals surface area contributed by atoms with Gasteiger partial charge in [-0.25, -0.2) is 28.7 Å². The first-order chi connectivity index (χ1) is 36.8. The Kier molecular flexibility index (Phi) is 18.5. The first kappa shape index (κ1) is 56.1. The summed E-state index contributed by atoms with van der Waals surface area (Å²) in [6.45, 7) is 34.1. The van der Waals surface area contributed by atoms with Gasteiger partial charge in [-0.15, -0.1) is 0 Å². The summed E-state index contributed by atoms with van der Waals surface area (Å²) in [5.74, 6) is 1.53. The van der Waals surface area contributed by atoms with E-state index in [9.17, 15) is 0 Å². The number of ether oxygens (including phenoxy) is 2. The molecular weight excluding hydrogens is 991 g/mol. The number of nitrogens with one attached hydrogen (secondary N) is 1. The number of fused-ring (bicyclic) bond motifs is 2.